The highest BCUT2D eigenvalue weighted by Gasteiger charge is 2.24. The minimum absolute atomic E-state index is 0.0866. The van der Waals surface area contributed by atoms with Crippen molar-refractivity contribution in [3.8, 4) is 0 Å². The molecule has 2 atom stereocenters. The number of amides is 2. The Labute approximate surface area is 143 Å². The number of hydrogen-bond acceptors (Lipinski definition) is 4. The maximum atomic E-state index is 12.4. The lowest BCUT2D eigenvalue weighted by Gasteiger charge is -2.22. The monoisotopic (exact) mass is 334 g/mol. The van der Waals surface area contributed by atoms with Crippen molar-refractivity contribution in [1.82, 2.24) is 10.6 Å². The number of carbonyl (C=O) groups is 3. The normalized spacial score (nSPS) is 13.0. The van der Waals surface area contributed by atoms with Crippen molar-refractivity contribution in [2.45, 2.75) is 45.7 Å². The third-order valence-electron chi connectivity index (χ3n) is 3.45. The van der Waals surface area contributed by atoms with Crippen LogP contribution in [0.25, 0.3) is 0 Å². The smallest absolute Gasteiger partial charge is 0.307 e. The van der Waals surface area contributed by atoms with Gasteiger partial charge in [-0.05, 0) is 31.4 Å². The minimum Gasteiger partial charge on any atom is -0.469 e. The summed E-state index contributed by atoms with van der Waals surface area (Å²) in [4.78, 5) is 36.0. The topological polar surface area (TPSA) is 84.5 Å². The molecule has 6 heteroatoms. The van der Waals surface area contributed by atoms with E-state index in [0.29, 0.717) is 12.0 Å². The summed E-state index contributed by atoms with van der Waals surface area (Å²) >= 11 is 0. The van der Waals surface area contributed by atoms with Crippen molar-refractivity contribution in [2.24, 2.45) is 5.92 Å². The Morgan fingerprint density at radius 1 is 1.04 bits per heavy atom. The van der Waals surface area contributed by atoms with Gasteiger partial charge in [-0.2, -0.15) is 0 Å². The molecule has 0 saturated carbocycles. The highest BCUT2D eigenvalue weighted by molar-refractivity contribution is 5.97. The Kier molecular flexibility index (Phi) is 7.95. The molecule has 132 valence electrons. The largest absolute Gasteiger partial charge is 0.469 e. The molecular weight excluding hydrogens is 308 g/mol. The molecule has 24 heavy (non-hydrogen) atoms. The predicted molar refractivity (Wildman–Crippen MR) is 91.4 cm³/mol. The first-order valence-corrected chi connectivity index (χ1v) is 8.06. The summed E-state index contributed by atoms with van der Waals surface area (Å²) in [5.74, 6) is -0.759. The van der Waals surface area contributed by atoms with Crippen molar-refractivity contribution >= 4 is 17.8 Å². The molecule has 1 rings (SSSR count). The van der Waals surface area contributed by atoms with Crippen molar-refractivity contribution in [3.05, 3.63) is 35.9 Å². The van der Waals surface area contributed by atoms with Crippen molar-refractivity contribution in [1.29, 1.82) is 0 Å². The fraction of sp³-hybridized carbons (Fsp3) is 0.500. The number of nitrogens with one attached hydrogen (secondary N) is 2. The zero-order valence-electron chi connectivity index (χ0n) is 14.7. The van der Waals surface area contributed by atoms with Crippen LogP contribution in [0.1, 0.15) is 44.0 Å². The lowest BCUT2D eigenvalue weighted by molar-refractivity contribution is -0.141. The van der Waals surface area contributed by atoms with Gasteiger partial charge in [0, 0.05) is 11.6 Å². The van der Waals surface area contributed by atoms with Gasteiger partial charge in [0.25, 0.3) is 5.91 Å². The van der Waals surface area contributed by atoms with Crippen LogP contribution in [0, 0.1) is 5.92 Å². The molecule has 0 radical (unpaired) electrons. The number of hydrogen-bond donors (Lipinski definition) is 2. The molecule has 0 aliphatic carbocycles. The second-order valence-electron chi connectivity index (χ2n) is 6.21. The Hall–Kier alpha value is -2.37. The Morgan fingerprint density at radius 2 is 1.67 bits per heavy atom. The molecule has 1 aromatic rings. The van der Waals surface area contributed by atoms with Gasteiger partial charge in [0.05, 0.1) is 13.5 Å². The summed E-state index contributed by atoms with van der Waals surface area (Å²) in [5, 5.41) is 5.52. The van der Waals surface area contributed by atoms with Crippen molar-refractivity contribution in [2.75, 3.05) is 7.11 Å². The molecule has 1 aromatic carbocycles. The van der Waals surface area contributed by atoms with E-state index in [1.54, 1.807) is 31.2 Å². The van der Waals surface area contributed by atoms with E-state index in [0.717, 1.165) is 0 Å². The molecule has 0 heterocycles. The van der Waals surface area contributed by atoms with E-state index in [-0.39, 0.29) is 30.2 Å². The Bertz CT molecular complexity index is 557. The number of ether oxygens (including phenoxy) is 1. The van der Waals surface area contributed by atoms with E-state index in [1.807, 2.05) is 19.9 Å². The minimum atomic E-state index is -0.655. The first-order chi connectivity index (χ1) is 11.3. The third kappa shape index (κ3) is 6.81. The molecule has 6 nitrogen and oxygen atoms in total. The van der Waals surface area contributed by atoms with E-state index < -0.39 is 12.0 Å². The van der Waals surface area contributed by atoms with Gasteiger partial charge in [-0.3, -0.25) is 14.4 Å². The quantitative estimate of drug-likeness (QED) is 0.711. The second-order valence-corrected chi connectivity index (χ2v) is 6.21. The highest BCUT2D eigenvalue weighted by atomic mass is 16.5. The maximum Gasteiger partial charge on any atom is 0.307 e. The molecule has 0 unspecified atom stereocenters. The van der Waals surface area contributed by atoms with Crippen LogP contribution < -0.4 is 10.6 Å². The zero-order valence-corrected chi connectivity index (χ0v) is 14.7. The lowest BCUT2D eigenvalue weighted by atomic mass is 10.0. The summed E-state index contributed by atoms with van der Waals surface area (Å²) < 4.78 is 4.59. The van der Waals surface area contributed by atoms with Gasteiger partial charge in [0.15, 0.2) is 0 Å². The summed E-state index contributed by atoms with van der Waals surface area (Å²) in [5.41, 5.74) is 0.502. The Balaban J connectivity index is 2.71. The molecule has 0 aliphatic heterocycles. The van der Waals surface area contributed by atoms with Gasteiger partial charge >= 0.3 is 5.97 Å². The van der Waals surface area contributed by atoms with E-state index >= 15 is 0 Å². The molecule has 0 spiro atoms. The molecule has 0 fully saturated rings. The van der Waals surface area contributed by atoms with Gasteiger partial charge in [-0.15, -0.1) is 0 Å². The number of rotatable bonds is 8. The van der Waals surface area contributed by atoms with Crippen LogP contribution in [0.4, 0.5) is 0 Å². The Morgan fingerprint density at radius 3 is 2.21 bits per heavy atom. The molecule has 0 aliphatic rings. The second kappa shape index (κ2) is 9.70. The van der Waals surface area contributed by atoms with Gasteiger partial charge in [0.2, 0.25) is 5.91 Å². The average molecular weight is 334 g/mol. The van der Waals surface area contributed by atoms with Gasteiger partial charge in [0.1, 0.15) is 6.04 Å². The first-order valence-electron chi connectivity index (χ1n) is 8.06. The lowest BCUT2D eigenvalue weighted by Crippen LogP contribution is -2.50. The molecule has 2 N–H and O–H groups in total. The fourth-order valence-electron chi connectivity index (χ4n) is 2.26. The molecule has 2 amide bonds. The van der Waals surface area contributed by atoms with E-state index in [4.69, 9.17) is 0 Å². The standard InChI is InChI=1S/C18H26N2O4/c1-12(2)10-15(18(23)19-13(3)11-16(21)24-4)20-17(22)14-8-6-5-7-9-14/h5-9,12-13,15H,10-11H2,1-4H3,(H,19,23)(H,20,22)/t13-,15+/m1/s1. The van der Waals surface area contributed by atoms with E-state index in [2.05, 4.69) is 15.4 Å². The van der Waals surface area contributed by atoms with Crippen LogP contribution in [0.3, 0.4) is 0 Å². The van der Waals surface area contributed by atoms with E-state index in [1.165, 1.54) is 7.11 Å². The zero-order chi connectivity index (χ0) is 18.1. The van der Waals surface area contributed by atoms with Crippen molar-refractivity contribution < 1.29 is 19.1 Å². The summed E-state index contributed by atoms with van der Waals surface area (Å²) in [6.45, 7) is 5.68. The van der Waals surface area contributed by atoms with Crippen LogP contribution in [-0.2, 0) is 14.3 Å². The third-order valence-corrected chi connectivity index (χ3v) is 3.45. The maximum absolute atomic E-state index is 12.4. The summed E-state index contributed by atoms with van der Waals surface area (Å²) in [7, 11) is 1.30. The number of methoxy groups -OCH3 is 1. The molecule has 0 aromatic heterocycles. The van der Waals surface area contributed by atoms with Crippen LogP contribution in [-0.4, -0.2) is 37.0 Å². The van der Waals surface area contributed by atoms with Crippen LogP contribution in [0.15, 0.2) is 30.3 Å². The van der Waals surface area contributed by atoms with Gasteiger partial charge < -0.3 is 15.4 Å². The van der Waals surface area contributed by atoms with Crippen LogP contribution >= 0.6 is 0 Å². The first kappa shape index (κ1) is 19.7. The average Bonchev–Trinajstić information content (AvgIpc) is 2.54. The van der Waals surface area contributed by atoms with Crippen LogP contribution in [0.5, 0.6) is 0 Å². The highest BCUT2D eigenvalue weighted by Crippen LogP contribution is 2.08. The van der Waals surface area contributed by atoms with Crippen LogP contribution in [0.2, 0.25) is 0 Å². The number of carbonyl (C=O) groups excluding carboxylic acids is 3. The summed E-state index contributed by atoms with van der Waals surface area (Å²) in [6, 6.07) is 7.73. The van der Waals surface area contributed by atoms with E-state index in [9.17, 15) is 14.4 Å². The SMILES string of the molecule is COC(=O)C[C@@H](C)NC(=O)[C@H](CC(C)C)NC(=O)c1ccccc1. The fourth-order valence-corrected chi connectivity index (χ4v) is 2.26. The summed E-state index contributed by atoms with van der Waals surface area (Å²) in [6.07, 6.45) is 0.596. The van der Waals surface area contributed by atoms with Gasteiger partial charge in [-0.25, -0.2) is 0 Å². The molecule has 0 bridgehead atoms. The predicted octanol–water partition coefficient (Wildman–Crippen LogP) is 1.90. The van der Waals surface area contributed by atoms with Gasteiger partial charge in [-0.1, -0.05) is 32.0 Å². The number of esters is 1. The molecule has 0 saturated heterocycles. The molecular formula is C18H26N2O4. The number of benzene rings is 1. The van der Waals surface area contributed by atoms with Crippen molar-refractivity contribution in [3.63, 3.8) is 0 Å².